The molecule has 0 radical (unpaired) electrons. The Labute approximate surface area is 203 Å². The highest BCUT2D eigenvalue weighted by molar-refractivity contribution is 6.30. The van der Waals surface area contributed by atoms with Crippen LogP contribution in [0.3, 0.4) is 0 Å². The predicted octanol–water partition coefficient (Wildman–Crippen LogP) is 3.65. The number of rotatable bonds is 3. The minimum atomic E-state index is -0.774. The van der Waals surface area contributed by atoms with E-state index in [0.29, 0.717) is 49.7 Å². The Kier molecular flexibility index (Phi) is 5.30. The van der Waals surface area contributed by atoms with Crippen LogP contribution in [0.4, 0.5) is 14.6 Å². The maximum atomic E-state index is 15.0. The number of benzene rings is 1. The average molecular weight is 499 g/mol. The van der Waals surface area contributed by atoms with Crippen molar-refractivity contribution >= 4 is 28.3 Å². The molecule has 0 unspecified atom stereocenters. The van der Waals surface area contributed by atoms with E-state index in [1.807, 2.05) is 18.1 Å². The molecule has 0 spiro atoms. The standard InChI is InChI=1S/C24H21ClF2N6O2/c1-31-11-13(10-28-31)19-12-32(5-6-35-19)21-8-15-23(29-20-3-2-4-33(20)24(15)34)22(30-21)14-7-18(27)16(25)9-17(14)26/h7-11,19H,2-6,12H2,1H3/t19-/m1/s1. The van der Waals surface area contributed by atoms with Gasteiger partial charge in [-0.05, 0) is 24.6 Å². The van der Waals surface area contributed by atoms with Gasteiger partial charge in [0.2, 0.25) is 0 Å². The number of pyridine rings is 1. The molecule has 11 heteroatoms. The molecule has 0 amide bonds. The molecule has 180 valence electrons. The maximum Gasteiger partial charge on any atom is 0.261 e. The van der Waals surface area contributed by atoms with E-state index < -0.39 is 11.6 Å². The third-order valence-electron chi connectivity index (χ3n) is 6.54. The van der Waals surface area contributed by atoms with Crippen LogP contribution in [0.15, 0.2) is 35.4 Å². The third-order valence-corrected chi connectivity index (χ3v) is 6.83. The quantitative estimate of drug-likeness (QED) is 0.401. The number of morpholine rings is 1. The Balaban J connectivity index is 1.53. The molecule has 1 aromatic carbocycles. The number of nitrogens with zero attached hydrogens (tertiary/aromatic N) is 6. The average Bonchev–Trinajstić information content (AvgIpc) is 3.50. The topological polar surface area (TPSA) is 78.1 Å². The smallest absolute Gasteiger partial charge is 0.261 e. The summed E-state index contributed by atoms with van der Waals surface area (Å²) >= 11 is 5.79. The number of anilines is 1. The molecule has 0 aliphatic carbocycles. The molecule has 2 aliphatic heterocycles. The summed E-state index contributed by atoms with van der Waals surface area (Å²) < 4.78 is 38.7. The summed E-state index contributed by atoms with van der Waals surface area (Å²) in [5, 5.41) is 4.21. The number of hydrogen-bond donors (Lipinski definition) is 0. The molecule has 6 rings (SSSR count). The minimum absolute atomic E-state index is 0.0920. The van der Waals surface area contributed by atoms with E-state index in [0.717, 1.165) is 24.1 Å². The summed E-state index contributed by atoms with van der Waals surface area (Å²) in [6.07, 6.45) is 4.83. The van der Waals surface area contributed by atoms with Gasteiger partial charge in [0, 0.05) is 50.4 Å². The van der Waals surface area contributed by atoms with Gasteiger partial charge in [-0.15, -0.1) is 0 Å². The molecule has 0 saturated carbocycles. The van der Waals surface area contributed by atoms with Gasteiger partial charge in [-0.2, -0.15) is 5.10 Å². The van der Waals surface area contributed by atoms with Crippen LogP contribution in [-0.2, 0) is 24.8 Å². The summed E-state index contributed by atoms with van der Waals surface area (Å²) in [4.78, 5) is 24.7. The minimum Gasteiger partial charge on any atom is -0.370 e. The molecule has 1 saturated heterocycles. The highest BCUT2D eigenvalue weighted by Crippen LogP contribution is 2.34. The molecule has 1 atom stereocenters. The van der Waals surface area contributed by atoms with Gasteiger partial charge in [-0.3, -0.25) is 14.0 Å². The van der Waals surface area contributed by atoms with Gasteiger partial charge in [-0.1, -0.05) is 11.6 Å². The highest BCUT2D eigenvalue weighted by atomic mass is 35.5. The molecule has 1 fully saturated rings. The van der Waals surface area contributed by atoms with Gasteiger partial charge in [0.1, 0.15) is 40.6 Å². The molecule has 8 nitrogen and oxygen atoms in total. The van der Waals surface area contributed by atoms with Crippen LogP contribution in [0.5, 0.6) is 0 Å². The SMILES string of the molecule is Cn1cc([C@H]2CN(c3cc4c(=O)n5c(nc4c(-c4cc(F)c(Cl)cc4F)n3)CCC5)CCO2)cn1. The summed E-state index contributed by atoms with van der Waals surface area (Å²) in [7, 11) is 1.83. The molecule has 35 heavy (non-hydrogen) atoms. The van der Waals surface area contributed by atoms with Crippen LogP contribution in [0.1, 0.15) is 23.9 Å². The van der Waals surface area contributed by atoms with Gasteiger partial charge in [0.25, 0.3) is 5.56 Å². The van der Waals surface area contributed by atoms with Crippen LogP contribution in [0.25, 0.3) is 22.2 Å². The normalized spacial score (nSPS) is 17.8. The van der Waals surface area contributed by atoms with Crippen molar-refractivity contribution in [1.29, 1.82) is 0 Å². The zero-order valence-electron chi connectivity index (χ0n) is 18.8. The van der Waals surface area contributed by atoms with E-state index in [-0.39, 0.29) is 33.5 Å². The number of ether oxygens (including phenoxy) is 1. The van der Waals surface area contributed by atoms with Crippen molar-refractivity contribution < 1.29 is 13.5 Å². The first-order valence-electron chi connectivity index (χ1n) is 11.3. The third kappa shape index (κ3) is 3.77. The number of aromatic nitrogens is 5. The summed E-state index contributed by atoms with van der Waals surface area (Å²) in [5.74, 6) is -0.419. The second-order valence-electron chi connectivity index (χ2n) is 8.81. The van der Waals surface area contributed by atoms with Gasteiger partial charge in [0.05, 0.1) is 23.2 Å². The zero-order chi connectivity index (χ0) is 24.3. The summed E-state index contributed by atoms with van der Waals surface area (Å²) in [6, 6.07) is 3.61. The first-order valence-corrected chi connectivity index (χ1v) is 11.7. The number of fused-ring (bicyclic) bond motifs is 2. The Morgan fingerprint density at radius 2 is 2.00 bits per heavy atom. The van der Waals surface area contributed by atoms with Crippen LogP contribution in [-0.4, -0.2) is 44.0 Å². The van der Waals surface area contributed by atoms with Crippen molar-refractivity contribution in [2.45, 2.75) is 25.5 Å². The van der Waals surface area contributed by atoms with Crippen LogP contribution in [0, 0.1) is 11.6 Å². The second-order valence-corrected chi connectivity index (χ2v) is 9.22. The monoisotopic (exact) mass is 498 g/mol. The maximum absolute atomic E-state index is 15.0. The molecule has 0 bridgehead atoms. The van der Waals surface area contributed by atoms with E-state index in [4.69, 9.17) is 21.3 Å². The Bertz CT molecular complexity index is 1530. The van der Waals surface area contributed by atoms with Crippen molar-refractivity contribution in [3.63, 3.8) is 0 Å². The lowest BCUT2D eigenvalue weighted by atomic mass is 10.1. The second kappa shape index (κ2) is 8.39. The van der Waals surface area contributed by atoms with E-state index in [1.54, 1.807) is 21.5 Å². The molecule has 5 heterocycles. The van der Waals surface area contributed by atoms with Crippen molar-refractivity contribution in [2.75, 3.05) is 24.6 Å². The molecular weight excluding hydrogens is 478 g/mol. The zero-order valence-corrected chi connectivity index (χ0v) is 19.6. The van der Waals surface area contributed by atoms with E-state index in [1.165, 1.54) is 0 Å². The van der Waals surface area contributed by atoms with Crippen molar-refractivity contribution in [2.24, 2.45) is 7.05 Å². The summed E-state index contributed by atoms with van der Waals surface area (Å²) in [5.41, 5.74) is 0.987. The largest absolute Gasteiger partial charge is 0.370 e. The van der Waals surface area contributed by atoms with Crippen molar-refractivity contribution in [3.8, 4) is 11.3 Å². The van der Waals surface area contributed by atoms with Gasteiger partial charge < -0.3 is 9.64 Å². The van der Waals surface area contributed by atoms with Crippen LogP contribution < -0.4 is 10.5 Å². The lowest BCUT2D eigenvalue weighted by Gasteiger charge is -2.33. The van der Waals surface area contributed by atoms with Crippen molar-refractivity contribution in [1.82, 2.24) is 24.3 Å². The molecule has 4 aromatic rings. The molecule has 0 N–H and O–H groups in total. The van der Waals surface area contributed by atoms with Crippen LogP contribution >= 0.6 is 11.6 Å². The van der Waals surface area contributed by atoms with Gasteiger partial charge >= 0.3 is 0 Å². The van der Waals surface area contributed by atoms with Gasteiger partial charge in [-0.25, -0.2) is 18.7 Å². The fourth-order valence-electron chi connectivity index (χ4n) is 4.79. The lowest BCUT2D eigenvalue weighted by molar-refractivity contribution is 0.0395. The van der Waals surface area contributed by atoms with Gasteiger partial charge in [0.15, 0.2) is 0 Å². The lowest BCUT2D eigenvalue weighted by Crippen LogP contribution is -2.39. The van der Waals surface area contributed by atoms with E-state index in [9.17, 15) is 9.18 Å². The number of hydrogen-bond acceptors (Lipinski definition) is 6. The van der Waals surface area contributed by atoms with E-state index in [2.05, 4.69) is 10.1 Å². The first-order chi connectivity index (χ1) is 16.9. The molecule has 2 aliphatic rings. The highest BCUT2D eigenvalue weighted by Gasteiger charge is 2.27. The fraction of sp³-hybridized carbons (Fsp3) is 0.333. The summed E-state index contributed by atoms with van der Waals surface area (Å²) in [6.45, 7) is 1.99. The van der Waals surface area contributed by atoms with Crippen molar-refractivity contribution in [3.05, 3.63) is 69.0 Å². The number of halogens is 3. The predicted molar refractivity (Wildman–Crippen MR) is 127 cm³/mol. The Hall–Kier alpha value is -3.37. The first kappa shape index (κ1) is 22.1. The Morgan fingerprint density at radius 1 is 1.14 bits per heavy atom. The molecular formula is C24H21ClF2N6O2. The fourth-order valence-corrected chi connectivity index (χ4v) is 4.94. The van der Waals surface area contributed by atoms with Crippen LogP contribution in [0.2, 0.25) is 5.02 Å². The number of aryl methyl sites for hydroxylation is 2. The Morgan fingerprint density at radius 3 is 2.80 bits per heavy atom. The van der Waals surface area contributed by atoms with E-state index >= 15 is 4.39 Å². The molecule has 3 aromatic heterocycles.